The molecule has 160 valence electrons. The van der Waals surface area contributed by atoms with E-state index >= 15 is 0 Å². The fourth-order valence-corrected chi connectivity index (χ4v) is 3.77. The second kappa shape index (κ2) is 8.10. The van der Waals surface area contributed by atoms with Gasteiger partial charge in [-0.2, -0.15) is 0 Å². The van der Waals surface area contributed by atoms with Crippen LogP contribution >= 0.6 is 0 Å². The van der Waals surface area contributed by atoms with E-state index in [1.54, 1.807) is 30.0 Å². The number of amides is 2. The van der Waals surface area contributed by atoms with Crippen molar-refractivity contribution in [2.45, 2.75) is 26.3 Å². The zero-order chi connectivity index (χ0) is 22.1. The maximum Gasteiger partial charge on any atom is 0.328 e. The minimum atomic E-state index is -0.519. The molecule has 1 aliphatic rings. The maximum absolute atomic E-state index is 12.8. The van der Waals surface area contributed by atoms with Crippen molar-refractivity contribution in [2.75, 3.05) is 23.9 Å². The van der Waals surface area contributed by atoms with E-state index in [1.165, 1.54) is 25.3 Å². The van der Waals surface area contributed by atoms with Crippen LogP contribution in [0.25, 0.3) is 10.9 Å². The summed E-state index contributed by atoms with van der Waals surface area (Å²) in [5.41, 5.74) is 0.826. The van der Waals surface area contributed by atoms with E-state index in [0.717, 1.165) is 11.0 Å². The molecule has 0 atom stereocenters. The fourth-order valence-electron chi connectivity index (χ4n) is 3.77. The summed E-state index contributed by atoms with van der Waals surface area (Å²) in [6, 6.07) is 9.62. The topological polar surface area (TPSA) is 114 Å². The van der Waals surface area contributed by atoms with Crippen molar-refractivity contribution < 1.29 is 14.3 Å². The molecule has 0 unspecified atom stereocenters. The molecule has 1 aromatic heterocycles. The quantitative estimate of drug-likeness (QED) is 0.654. The average Bonchev–Trinajstić information content (AvgIpc) is 3.19. The highest BCUT2D eigenvalue weighted by Gasteiger charge is 2.24. The van der Waals surface area contributed by atoms with E-state index in [1.807, 2.05) is 0 Å². The van der Waals surface area contributed by atoms with Crippen molar-refractivity contribution >= 4 is 34.1 Å². The molecular weight excluding hydrogens is 400 g/mol. The van der Waals surface area contributed by atoms with Gasteiger partial charge in [0.1, 0.15) is 5.75 Å². The van der Waals surface area contributed by atoms with Crippen molar-refractivity contribution in [3.63, 3.8) is 0 Å². The van der Waals surface area contributed by atoms with Crippen LogP contribution in [0.2, 0.25) is 0 Å². The molecule has 2 aromatic carbocycles. The predicted octanol–water partition coefficient (Wildman–Crippen LogP) is 2.10. The van der Waals surface area contributed by atoms with Crippen molar-refractivity contribution in [1.29, 1.82) is 0 Å². The van der Waals surface area contributed by atoms with Crippen LogP contribution in [-0.2, 0) is 11.3 Å². The summed E-state index contributed by atoms with van der Waals surface area (Å²) >= 11 is 0. The Morgan fingerprint density at radius 1 is 1.16 bits per heavy atom. The summed E-state index contributed by atoms with van der Waals surface area (Å²) in [6.07, 6.45) is 1.31. The van der Waals surface area contributed by atoms with Crippen LogP contribution in [0.1, 0.15) is 30.1 Å². The van der Waals surface area contributed by atoms with Crippen LogP contribution in [0.5, 0.6) is 5.75 Å². The molecule has 2 amide bonds. The number of nitrogens with one attached hydrogen (secondary N) is 2. The number of methoxy groups -OCH3 is 1. The van der Waals surface area contributed by atoms with Gasteiger partial charge in [0, 0.05) is 36.8 Å². The van der Waals surface area contributed by atoms with E-state index in [0.29, 0.717) is 41.0 Å². The number of H-pyrrole nitrogens is 1. The zero-order valence-corrected chi connectivity index (χ0v) is 17.2. The molecule has 2 N–H and O–H groups in total. The standard InChI is InChI=1S/C22H22N4O5/c1-3-25-21(29)15-8-6-13(11-16(15)24-22(25)30)20(28)23-14-7-9-17(18(12-14)31-2)26-10-4-5-19(26)27/h6-9,11-12H,3-5,10H2,1-2H3,(H,23,28)(H,24,30). The van der Waals surface area contributed by atoms with E-state index < -0.39 is 17.2 Å². The van der Waals surface area contributed by atoms with Crippen molar-refractivity contribution in [1.82, 2.24) is 9.55 Å². The minimum absolute atomic E-state index is 0.0439. The molecule has 3 aromatic rings. The Hall–Kier alpha value is -3.88. The summed E-state index contributed by atoms with van der Waals surface area (Å²) < 4.78 is 6.52. The number of aromatic nitrogens is 2. The number of rotatable bonds is 5. The van der Waals surface area contributed by atoms with E-state index in [-0.39, 0.29) is 18.0 Å². The summed E-state index contributed by atoms with van der Waals surface area (Å²) in [5.74, 6) is 0.118. The first kappa shape index (κ1) is 20.4. The molecule has 31 heavy (non-hydrogen) atoms. The monoisotopic (exact) mass is 422 g/mol. The number of nitrogens with zero attached hydrogens (tertiary/aromatic N) is 2. The van der Waals surface area contributed by atoms with Crippen LogP contribution < -0.4 is 26.2 Å². The van der Waals surface area contributed by atoms with Gasteiger partial charge in [-0.05, 0) is 43.7 Å². The number of ether oxygens (including phenoxy) is 1. The molecular formula is C22H22N4O5. The Bertz CT molecular complexity index is 1310. The van der Waals surface area contributed by atoms with Crippen LogP contribution in [0.15, 0.2) is 46.0 Å². The number of carbonyl (C=O) groups is 2. The molecule has 4 rings (SSSR count). The molecule has 1 aliphatic heterocycles. The second-order valence-electron chi connectivity index (χ2n) is 7.23. The summed E-state index contributed by atoms with van der Waals surface area (Å²) in [4.78, 5) is 53.5. The van der Waals surface area contributed by atoms with Gasteiger partial charge in [0.25, 0.3) is 11.5 Å². The highest BCUT2D eigenvalue weighted by atomic mass is 16.5. The largest absolute Gasteiger partial charge is 0.494 e. The van der Waals surface area contributed by atoms with Gasteiger partial charge in [0.05, 0.1) is 23.7 Å². The molecule has 0 spiro atoms. The van der Waals surface area contributed by atoms with E-state index in [9.17, 15) is 19.2 Å². The Balaban J connectivity index is 1.62. The van der Waals surface area contributed by atoms with Gasteiger partial charge in [-0.3, -0.25) is 19.0 Å². The number of carbonyl (C=O) groups excluding carboxylic acids is 2. The Morgan fingerprint density at radius 3 is 2.65 bits per heavy atom. The third-order valence-electron chi connectivity index (χ3n) is 5.36. The fraction of sp³-hybridized carbons (Fsp3) is 0.273. The number of benzene rings is 2. The van der Waals surface area contributed by atoms with Crippen molar-refractivity contribution in [3.8, 4) is 5.75 Å². The normalized spacial score (nSPS) is 13.6. The van der Waals surface area contributed by atoms with Crippen LogP contribution in [0, 0.1) is 0 Å². The molecule has 1 fully saturated rings. The first-order valence-electron chi connectivity index (χ1n) is 9.99. The van der Waals surface area contributed by atoms with Gasteiger partial charge in [0.2, 0.25) is 5.91 Å². The number of anilines is 2. The summed E-state index contributed by atoms with van der Waals surface area (Å²) in [7, 11) is 1.51. The molecule has 0 bridgehead atoms. The highest BCUT2D eigenvalue weighted by Crippen LogP contribution is 2.34. The van der Waals surface area contributed by atoms with Gasteiger partial charge in [-0.25, -0.2) is 4.79 Å². The number of hydrogen-bond donors (Lipinski definition) is 2. The second-order valence-corrected chi connectivity index (χ2v) is 7.23. The van der Waals surface area contributed by atoms with Gasteiger partial charge in [-0.15, -0.1) is 0 Å². The lowest BCUT2D eigenvalue weighted by Gasteiger charge is -2.19. The van der Waals surface area contributed by atoms with Crippen LogP contribution in [0.4, 0.5) is 11.4 Å². The predicted molar refractivity (Wildman–Crippen MR) is 117 cm³/mol. The van der Waals surface area contributed by atoms with Gasteiger partial charge in [0.15, 0.2) is 0 Å². The molecule has 0 aliphatic carbocycles. The van der Waals surface area contributed by atoms with Crippen LogP contribution in [-0.4, -0.2) is 35.0 Å². The highest BCUT2D eigenvalue weighted by molar-refractivity contribution is 6.06. The Morgan fingerprint density at radius 2 is 1.97 bits per heavy atom. The summed E-state index contributed by atoms with van der Waals surface area (Å²) in [5, 5.41) is 3.11. The third kappa shape index (κ3) is 3.70. The zero-order valence-electron chi connectivity index (χ0n) is 17.2. The maximum atomic E-state index is 12.8. The molecule has 9 heteroatoms. The van der Waals surface area contributed by atoms with E-state index in [4.69, 9.17) is 4.74 Å². The summed E-state index contributed by atoms with van der Waals surface area (Å²) in [6.45, 7) is 2.60. The lowest BCUT2D eigenvalue weighted by Crippen LogP contribution is -2.34. The van der Waals surface area contributed by atoms with Crippen LogP contribution in [0.3, 0.4) is 0 Å². The molecule has 9 nitrogen and oxygen atoms in total. The molecule has 1 saturated heterocycles. The van der Waals surface area contributed by atoms with Crippen molar-refractivity contribution in [2.24, 2.45) is 0 Å². The van der Waals surface area contributed by atoms with E-state index in [2.05, 4.69) is 10.3 Å². The van der Waals surface area contributed by atoms with Gasteiger partial charge >= 0.3 is 5.69 Å². The first-order chi connectivity index (χ1) is 14.9. The number of aromatic amines is 1. The molecule has 0 radical (unpaired) electrons. The number of fused-ring (bicyclic) bond motifs is 1. The Kier molecular flexibility index (Phi) is 5.33. The van der Waals surface area contributed by atoms with Gasteiger partial charge in [-0.1, -0.05) is 0 Å². The smallest absolute Gasteiger partial charge is 0.328 e. The Labute approximate surface area is 177 Å². The SMILES string of the molecule is CCn1c(=O)[nH]c2cc(C(=O)Nc3ccc(N4CCCC4=O)c(OC)c3)ccc2c1=O. The molecule has 0 saturated carbocycles. The van der Waals surface area contributed by atoms with Gasteiger partial charge < -0.3 is 19.9 Å². The molecule has 2 heterocycles. The average molecular weight is 422 g/mol. The minimum Gasteiger partial charge on any atom is -0.494 e. The first-order valence-corrected chi connectivity index (χ1v) is 9.99. The van der Waals surface area contributed by atoms with Crippen molar-refractivity contribution in [3.05, 3.63) is 62.8 Å². The lowest BCUT2D eigenvalue weighted by atomic mass is 10.1. The third-order valence-corrected chi connectivity index (χ3v) is 5.36. The lowest BCUT2D eigenvalue weighted by molar-refractivity contribution is -0.117. The number of hydrogen-bond acceptors (Lipinski definition) is 5.